The quantitative estimate of drug-likeness (QED) is 0.788. The molecule has 0 atom stereocenters. The number of aromatic hydroxyl groups is 1. The Balaban J connectivity index is 0.000000720. The van der Waals surface area contributed by atoms with Gasteiger partial charge in [0.2, 0.25) is 5.88 Å². The van der Waals surface area contributed by atoms with E-state index in [2.05, 4.69) is 4.98 Å². The van der Waals surface area contributed by atoms with Crippen molar-refractivity contribution in [1.29, 1.82) is 0 Å². The molecule has 0 spiro atoms. The van der Waals surface area contributed by atoms with Gasteiger partial charge < -0.3 is 5.11 Å². The van der Waals surface area contributed by atoms with Gasteiger partial charge in [0.1, 0.15) is 0 Å². The first-order chi connectivity index (χ1) is 5.36. The summed E-state index contributed by atoms with van der Waals surface area (Å²) in [6, 6.07) is 11.1. The van der Waals surface area contributed by atoms with Crippen molar-refractivity contribution in [1.82, 2.24) is 4.98 Å². The molecule has 0 saturated carbocycles. The number of para-hydroxylation sites is 1. The van der Waals surface area contributed by atoms with Crippen LogP contribution in [0.4, 0.5) is 0 Å². The molecule has 0 bridgehead atoms. The summed E-state index contributed by atoms with van der Waals surface area (Å²) in [6.07, 6.45) is 0. The molecule has 56 valence electrons. The van der Waals surface area contributed by atoms with E-state index in [0.29, 0.717) is 0 Å². The van der Waals surface area contributed by atoms with Crippen molar-refractivity contribution in [3.63, 3.8) is 0 Å². The van der Waals surface area contributed by atoms with E-state index >= 15 is 0 Å². The average Bonchev–Trinajstić information content (AvgIpc) is 2.04. The summed E-state index contributed by atoms with van der Waals surface area (Å²) >= 11 is 0. The Morgan fingerprint density at radius 2 is 1.75 bits per heavy atom. The number of fused-ring (bicyclic) bond motifs is 1. The summed E-state index contributed by atoms with van der Waals surface area (Å²) in [6.45, 7) is 0. The van der Waals surface area contributed by atoms with E-state index in [0.717, 1.165) is 10.9 Å². The van der Waals surface area contributed by atoms with Crippen molar-refractivity contribution >= 4 is 79.8 Å². The molecule has 1 heterocycles. The van der Waals surface area contributed by atoms with E-state index in [1.54, 1.807) is 6.07 Å². The minimum atomic E-state index is 0. The normalized spacial score (nSPS) is 9.33. The zero-order valence-electron chi connectivity index (χ0n) is 5.86. The van der Waals surface area contributed by atoms with Gasteiger partial charge >= 0.3 is 68.9 Å². The summed E-state index contributed by atoms with van der Waals surface area (Å²) in [5, 5.41) is 10.1. The van der Waals surface area contributed by atoms with Gasteiger partial charge in [-0.25, -0.2) is 4.98 Å². The summed E-state index contributed by atoms with van der Waals surface area (Å²) < 4.78 is 0. The second-order valence-corrected chi connectivity index (χ2v) is 2.36. The molecule has 1 aromatic carbocycles. The first-order valence-corrected chi connectivity index (χ1v) is 3.41. The predicted octanol–water partition coefficient (Wildman–Crippen LogP) is 1.29. The summed E-state index contributed by atoms with van der Waals surface area (Å²) in [7, 11) is 0. The Morgan fingerprint density at radius 1 is 1.00 bits per heavy atom. The number of pyridine rings is 1. The van der Waals surface area contributed by atoms with Crippen LogP contribution < -0.4 is 0 Å². The van der Waals surface area contributed by atoms with Gasteiger partial charge in [-0.3, -0.25) is 0 Å². The minimum absolute atomic E-state index is 0. The summed E-state index contributed by atoms with van der Waals surface area (Å²) in [5.74, 6) is 0.0729. The van der Waals surface area contributed by atoms with E-state index in [1.165, 1.54) is 0 Å². The van der Waals surface area contributed by atoms with Gasteiger partial charge in [0.05, 0.1) is 5.52 Å². The zero-order valence-corrected chi connectivity index (χ0v) is 5.86. The fraction of sp³-hybridized carbons (Fsp3) is 0. The van der Waals surface area contributed by atoms with Crippen molar-refractivity contribution < 1.29 is 5.11 Å². The van der Waals surface area contributed by atoms with Crippen molar-refractivity contribution in [2.24, 2.45) is 0 Å². The van der Waals surface area contributed by atoms with Crippen LogP contribution in [0.15, 0.2) is 36.4 Å². The number of hydrogen-bond donors (Lipinski definition) is 1. The van der Waals surface area contributed by atoms with Crippen molar-refractivity contribution in [3.05, 3.63) is 36.4 Å². The molecule has 0 unspecified atom stereocenters. The maximum absolute atomic E-state index is 9.02. The van der Waals surface area contributed by atoms with E-state index < -0.39 is 0 Å². The standard InChI is InChI=1S/C9H7NO.Cs.H/c11-9-6-5-7-3-1-2-4-8(7)10-9;;/h1-6H,(H,10,11);;. The molecule has 0 amide bonds. The Morgan fingerprint density at radius 3 is 2.58 bits per heavy atom. The number of aromatic nitrogens is 1. The van der Waals surface area contributed by atoms with Gasteiger partial charge in [0, 0.05) is 11.5 Å². The van der Waals surface area contributed by atoms with Crippen molar-refractivity contribution in [3.8, 4) is 5.88 Å². The molecule has 0 saturated heterocycles. The number of benzene rings is 1. The molecule has 12 heavy (non-hydrogen) atoms. The number of hydrogen-bond acceptors (Lipinski definition) is 2. The molecule has 2 nitrogen and oxygen atoms in total. The molecule has 0 aliphatic heterocycles. The third-order valence-electron chi connectivity index (χ3n) is 1.58. The van der Waals surface area contributed by atoms with Gasteiger partial charge in [0.25, 0.3) is 0 Å². The monoisotopic (exact) mass is 279 g/mol. The van der Waals surface area contributed by atoms with Gasteiger partial charge in [-0.05, 0) is 12.1 Å². The first kappa shape index (κ1) is 10.6. The molecular formula is C9H8CsNO. The SMILES string of the molecule is Oc1ccc2ccccc2n1.[CsH]. The van der Waals surface area contributed by atoms with Gasteiger partial charge in [-0.15, -0.1) is 0 Å². The van der Waals surface area contributed by atoms with Crippen LogP contribution in [0.2, 0.25) is 0 Å². The molecular weight excluding hydrogens is 271 g/mol. The fourth-order valence-corrected chi connectivity index (χ4v) is 1.06. The Labute approximate surface area is 129 Å². The maximum atomic E-state index is 9.02. The Kier molecular flexibility index (Phi) is 4.09. The summed E-state index contributed by atoms with van der Waals surface area (Å²) in [4.78, 5) is 3.93. The molecule has 2 rings (SSSR count). The van der Waals surface area contributed by atoms with E-state index in [1.807, 2.05) is 30.3 Å². The van der Waals surface area contributed by atoms with Gasteiger partial charge in [-0.2, -0.15) is 0 Å². The van der Waals surface area contributed by atoms with Crippen LogP contribution >= 0.6 is 0 Å². The van der Waals surface area contributed by atoms with E-state index in [4.69, 9.17) is 5.11 Å². The summed E-state index contributed by atoms with van der Waals surface area (Å²) in [5.41, 5.74) is 0.826. The predicted molar refractivity (Wildman–Crippen MR) is 50.6 cm³/mol. The van der Waals surface area contributed by atoms with Crippen LogP contribution in [-0.4, -0.2) is 79.0 Å². The van der Waals surface area contributed by atoms with Gasteiger partial charge in [-0.1, -0.05) is 18.2 Å². The number of nitrogens with zero attached hydrogens (tertiary/aromatic N) is 1. The molecule has 1 N–H and O–H groups in total. The van der Waals surface area contributed by atoms with Crippen molar-refractivity contribution in [2.45, 2.75) is 0 Å². The van der Waals surface area contributed by atoms with Gasteiger partial charge in [0.15, 0.2) is 0 Å². The van der Waals surface area contributed by atoms with Crippen LogP contribution in [0, 0.1) is 0 Å². The molecule has 0 aliphatic carbocycles. The third kappa shape index (κ3) is 2.25. The van der Waals surface area contributed by atoms with Crippen molar-refractivity contribution in [2.75, 3.05) is 0 Å². The van der Waals surface area contributed by atoms with Crippen LogP contribution in [-0.2, 0) is 0 Å². The third-order valence-corrected chi connectivity index (χ3v) is 1.58. The molecule has 3 heteroatoms. The fourth-order valence-electron chi connectivity index (χ4n) is 1.06. The van der Waals surface area contributed by atoms with Crippen LogP contribution in [0.3, 0.4) is 0 Å². The topological polar surface area (TPSA) is 33.1 Å². The number of rotatable bonds is 0. The first-order valence-electron chi connectivity index (χ1n) is 3.41. The van der Waals surface area contributed by atoms with Crippen LogP contribution in [0.5, 0.6) is 5.88 Å². The average molecular weight is 279 g/mol. The van der Waals surface area contributed by atoms with Crippen LogP contribution in [0.25, 0.3) is 10.9 Å². The Hall–Kier alpha value is 0.482. The Bertz CT molecular complexity index is 389. The van der Waals surface area contributed by atoms with E-state index in [-0.39, 0.29) is 74.8 Å². The molecule has 1 aromatic heterocycles. The second-order valence-electron chi connectivity index (χ2n) is 2.36. The molecule has 2 aromatic rings. The molecule has 0 aliphatic rings. The molecule has 0 radical (unpaired) electrons. The zero-order chi connectivity index (χ0) is 7.68. The van der Waals surface area contributed by atoms with Crippen LogP contribution in [0.1, 0.15) is 0 Å². The molecule has 0 fully saturated rings. The second kappa shape index (κ2) is 4.64. The van der Waals surface area contributed by atoms with E-state index in [9.17, 15) is 0 Å².